The molecule has 2 rings (SSSR count). The van der Waals surface area contributed by atoms with E-state index in [-0.39, 0.29) is 10.3 Å². The molecular weight excluding hydrogens is 272 g/mol. The van der Waals surface area contributed by atoms with Crippen LogP contribution in [-0.2, 0) is 14.8 Å². The Labute approximate surface area is 110 Å². The second kappa shape index (κ2) is 4.63. The summed E-state index contributed by atoms with van der Waals surface area (Å²) in [6, 6.07) is 4.90. The predicted octanol–water partition coefficient (Wildman–Crippen LogP) is 1.47. The number of rotatable bonds is 3. The van der Waals surface area contributed by atoms with Crippen LogP contribution in [0.3, 0.4) is 0 Å². The van der Waals surface area contributed by atoms with Crippen molar-refractivity contribution in [3.05, 3.63) is 17.0 Å². The van der Waals surface area contributed by atoms with E-state index in [2.05, 4.69) is 4.72 Å². The van der Waals surface area contributed by atoms with E-state index in [1.165, 1.54) is 12.1 Å². The molecule has 7 heteroatoms. The first-order valence-corrected chi connectivity index (χ1v) is 7.83. The SMILES string of the molecule is CC1OCCC1(C)NS(=O)(=O)c1ccc(C#N)s1. The standard InChI is InChI=1S/C11H14N2O3S2/c1-8-11(2,5-6-16-8)13-18(14,15)10-4-3-9(7-12)17-10/h3-4,8,13H,5-6H2,1-2H3. The maximum Gasteiger partial charge on any atom is 0.250 e. The predicted molar refractivity (Wildman–Crippen MR) is 67.8 cm³/mol. The molecule has 0 saturated carbocycles. The molecule has 1 aliphatic rings. The highest BCUT2D eigenvalue weighted by Crippen LogP contribution is 2.29. The van der Waals surface area contributed by atoms with Gasteiger partial charge in [0.25, 0.3) is 10.0 Å². The van der Waals surface area contributed by atoms with Gasteiger partial charge in [-0.3, -0.25) is 0 Å². The first kappa shape index (κ1) is 13.5. The van der Waals surface area contributed by atoms with Crippen molar-refractivity contribution >= 4 is 21.4 Å². The molecule has 1 aromatic rings. The highest BCUT2D eigenvalue weighted by molar-refractivity contribution is 7.91. The van der Waals surface area contributed by atoms with Crippen LogP contribution in [0.25, 0.3) is 0 Å². The van der Waals surface area contributed by atoms with Gasteiger partial charge in [-0.1, -0.05) is 0 Å². The van der Waals surface area contributed by atoms with Crippen molar-refractivity contribution in [2.45, 2.75) is 36.1 Å². The fourth-order valence-corrected chi connectivity index (χ4v) is 4.45. The van der Waals surface area contributed by atoms with Crippen LogP contribution in [0, 0.1) is 11.3 Å². The Morgan fingerprint density at radius 2 is 2.33 bits per heavy atom. The number of sulfonamides is 1. The lowest BCUT2D eigenvalue weighted by Gasteiger charge is -2.28. The van der Waals surface area contributed by atoms with E-state index in [1.807, 2.05) is 19.9 Å². The minimum absolute atomic E-state index is 0.164. The molecule has 2 unspecified atom stereocenters. The third-order valence-electron chi connectivity index (χ3n) is 3.21. The average molecular weight is 286 g/mol. The van der Waals surface area contributed by atoms with Gasteiger partial charge in [-0.25, -0.2) is 13.1 Å². The molecule has 0 spiro atoms. The average Bonchev–Trinajstić information content (AvgIpc) is 2.87. The molecule has 0 aliphatic carbocycles. The highest BCUT2D eigenvalue weighted by atomic mass is 32.2. The third-order valence-corrected chi connectivity index (χ3v) is 6.30. The van der Waals surface area contributed by atoms with Gasteiger partial charge in [-0.15, -0.1) is 11.3 Å². The van der Waals surface area contributed by atoms with Gasteiger partial charge in [0.1, 0.15) is 15.2 Å². The molecule has 5 nitrogen and oxygen atoms in total. The second-order valence-corrected chi connectivity index (χ2v) is 7.51. The fraction of sp³-hybridized carbons (Fsp3) is 0.545. The van der Waals surface area contributed by atoms with Crippen LogP contribution in [0.15, 0.2) is 16.3 Å². The summed E-state index contributed by atoms with van der Waals surface area (Å²) in [6.07, 6.45) is 0.479. The number of ether oxygens (including phenoxy) is 1. The third kappa shape index (κ3) is 2.42. The van der Waals surface area contributed by atoms with E-state index in [9.17, 15) is 8.42 Å². The van der Waals surface area contributed by atoms with Crippen molar-refractivity contribution in [1.82, 2.24) is 4.72 Å². The number of nitrogens with zero attached hydrogens (tertiary/aromatic N) is 1. The van der Waals surface area contributed by atoms with Crippen LogP contribution in [0.5, 0.6) is 0 Å². The van der Waals surface area contributed by atoms with Gasteiger partial charge >= 0.3 is 0 Å². The van der Waals surface area contributed by atoms with Gasteiger partial charge in [0, 0.05) is 6.61 Å². The van der Waals surface area contributed by atoms with E-state index in [0.717, 1.165) is 11.3 Å². The summed E-state index contributed by atoms with van der Waals surface area (Å²) in [5.41, 5.74) is -0.588. The summed E-state index contributed by atoms with van der Waals surface area (Å²) in [7, 11) is -3.59. The van der Waals surface area contributed by atoms with E-state index in [0.29, 0.717) is 17.9 Å². The lowest BCUT2D eigenvalue weighted by Crippen LogP contribution is -2.50. The van der Waals surface area contributed by atoms with Crippen molar-refractivity contribution < 1.29 is 13.2 Å². The van der Waals surface area contributed by atoms with Gasteiger partial charge < -0.3 is 4.74 Å². The molecule has 0 amide bonds. The second-order valence-electron chi connectivity index (χ2n) is 4.52. The van der Waals surface area contributed by atoms with Crippen LogP contribution in [0.2, 0.25) is 0 Å². The Bertz CT molecular complexity index is 588. The lowest BCUT2D eigenvalue weighted by molar-refractivity contribution is 0.0957. The van der Waals surface area contributed by atoms with Crippen molar-refractivity contribution in [3.8, 4) is 6.07 Å². The van der Waals surface area contributed by atoms with E-state index in [4.69, 9.17) is 10.00 Å². The maximum absolute atomic E-state index is 12.2. The summed E-state index contributed by atoms with van der Waals surface area (Å²) >= 11 is 0.971. The molecule has 0 radical (unpaired) electrons. The molecule has 1 fully saturated rings. The lowest BCUT2D eigenvalue weighted by atomic mass is 9.97. The molecule has 0 bridgehead atoms. The van der Waals surface area contributed by atoms with E-state index in [1.54, 1.807) is 0 Å². The van der Waals surface area contributed by atoms with Gasteiger partial charge in [0.2, 0.25) is 0 Å². The first-order chi connectivity index (χ1) is 8.37. The Hall–Kier alpha value is -0.940. The fourth-order valence-electron chi connectivity index (χ4n) is 1.85. The Balaban J connectivity index is 2.25. The Kier molecular flexibility index (Phi) is 3.47. The van der Waals surface area contributed by atoms with Crippen LogP contribution in [0.4, 0.5) is 0 Å². The minimum Gasteiger partial charge on any atom is -0.376 e. The zero-order chi connectivity index (χ0) is 13.4. The Morgan fingerprint density at radius 1 is 1.61 bits per heavy atom. The van der Waals surface area contributed by atoms with Crippen molar-refractivity contribution in [2.24, 2.45) is 0 Å². The smallest absolute Gasteiger partial charge is 0.250 e. The summed E-state index contributed by atoms with van der Waals surface area (Å²) in [5.74, 6) is 0. The zero-order valence-electron chi connectivity index (χ0n) is 10.1. The number of hydrogen-bond donors (Lipinski definition) is 1. The molecule has 1 N–H and O–H groups in total. The van der Waals surface area contributed by atoms with E-state index < -0.39 is 15.6 Å². The minimum atomic E-state index is -3.59. The number of thiophene rings is 1. The number of hydrogen-bond acceptors (Lipinski definition) is 5. The molecular formula is C11H14N2O3S2. The van der Waals surface area contributed by atoms with Crippen LogP contribution >= 0.6 is 11.3 Å². The van der Waals surface area contributed by atoms with Gasteiger partial charge in [0.15, 0.2) is 0 Å². The molecule has 0 aromatic carbocycles. The quantitative estimate of drug-likeness (QED) is 0.912. The van der Waals surface area contributed by atoms with E-state index >= 15 is 0 Å². The molecule has 2 atom stereocenters. The van der Waals surface area contributed by atoms with Crippen LogP contribution < -0.4 is 4.72 Å². The topological polar surface area (TPSA) is 79.2 Å². The molecule has 18 heavy (non-hydrogen) atoms. The summed E-state index contributed by atoms with van der Waals surface area (Å²) < 4.78 is 32.7. The van der Waals surface area contributed by atoms with Gasteiger partial charge in [0.05, 0.1) is 11.6 Å². The monoisotopic (exact) mass is 286 g/mol. The van der Waals surface area contributed by atoms with Crippen LogP contribution in [-0.4, -0.2) is 26.7 Å². The normalized spacial score (nSPS) is 28.2. The van der Waals surface area contributed by atoms with Crippen molar-refractivity contribution in [1.29, 1.82) is 5.26 Å². The van der Waals surface area contributed by atoms with Crippen molar-refractivity contribution in [2.75, 3.05) is 6.61 Å². The zero-order valence-corrected chi connectivity index (χ0v) is 11.8. The van der Waals surface area contributed by atoms with Crippen molar-refractivity contribution in [3.63, 3.8) is 0 Å². The Morgan fingerprint density at radius 3 is 2.83 bits per heavy atom. The number of nitrogens with one attached hydrogen (secondary N) is 1. The summed E-state index contributed by atoms with van der Waals surface area (Å²) in [5, 5.41) is 8.72. The summed E-state index contributed by atoms with van der Waals surface area (Å²) in [4.78, 5) is 0.385. The number of nitriles is 1. The van der Waals surface area contributed by atoms with Gasteiger partial charge in [-0.2, -0.15) is 5.26 Å². The van der Waals surface area contributed by atoms with Crippen LogP contribution in [0.1, 0.15) is 25.1 Å². The highest BCUT2D eigenvalue weighted by Gasteiger charge is 2.40. The largest absolute Gasteiger partial charge is 0.376 e. The molecule has 1 saturated heterocycles. The van der Waals surface area contributed by atoms with Gasteiger partial charge in [-0.05, 0) is 32.4 Å². The molecule has 1 aliphatic heterocycles. The maximum atomic E-state index is 12.2. The first-order valence-electron chi connectivity index (χ1n) is 5.53. The molecule has 98 valence electrons. The molecule has 2 heterocycles. The summed E-state index contributed by atoms with van der Waals surface area (Å²) in [6.45, 7) is 4.24. The molecule has 1 aromatic heterocycles.